The SMILES string of the molecule is COc1cc(C(=O)N2CCC(CCN3CCCCC3C(c3ccccc3)c3ccccc3)(c3ccc(Cl)c(Cl)c3)C2)cc(OC)c1OC. The summed E-state index contributed by atoms with van der Waals surface area (Å²) in [5, 5.41) is 1.07. The Bertz CT molecular complexity index is 1640. The lowest BCUT2D eigenvalue weighted by Gasteiger charge is -2.43. The van der Waals surface area contributed by atoms with Crippen LogP contribution in [0, 0.1) is 0 Å². The van der Waals surface area contributed by atoms with E-state index in [2.05, 4.69) is 71.6 Å². The molecule has 0 saturated carbocycles. The van der Waals surface area contributed by atoms with Crippen LogP contribution in [-0.4, -0.2) is 69.3 Å². The van der Waals surface area contributed by atoms with Crippen LogP contribution in [0.15, 0.2) is 91.0 Å². The number of hydrogen-bond acceptors (Lipinski definition) is 5. The Morgan fingerprint density at radius 1 is 0.812 bits per heavy atom. The fourth-order valence-corrected chi connectivity index (χ4v) is 8.13. The molecular formula is C40H44Cl2N2O4. The van der Waals surface area contributed by atoms with Crippen molar-refractivity contribution in [2.45, 2.75) is 49.5 Å². The van der Waals surface area contributed by atoms with Crippen LogP contribution in [0.4, 0.5) is 0 Å². The molecule has 48 heavy (non-hydrogen) atoms. The van der Waals surface area contributed by atoms with Crippen molar-refractivity contribution in [3.8, 4) is 17.2 Å². The summed E-state index contributed by atoms with van der Waals surface area (Å²) in [6.07, 6.45) is 5.24. The lowest BCUT2D eigenvalue weighted by Crippen LogP contribution is -2.46. The number of likely N-dealkylation sites (tertiary alicyclic amines) is 2. The summed E-state index contributed by atoms with van der Waals surface area (Å²) >= 11 is 13.0. The highest BCUT2D eigenvalue weighted by atomic mass is 35.5. The van der Waals surface area contributed by atoms with Gasteiger partial charge in [-0.05, 0) is 79.7 Å². The monoisotopic (exact) mass is 686 g/mol. The highest BCUT2D eigenvalue weighted by Crippen LogP contribution is 2.44. The number of carbonyl (C=O) groups is 1. The van der Waals surface area contributed by atoms with Gasteiger partial charge in [-0.1, -0.05) is 96.4 Å². The number of amides is 1. The second-order valence-electron chi connectivity index (χ2n) is 12.9. The lowest BCUT2D eigenvalue weighted by molar-refractivity contribution is 0.0775. The van der Waals surface area contributed by atoms with Gasteiger partial charge in [0.1, 0.15) is 0 Å². The van der Waals surface area contributed by atoms with Gasteiger partial charge in [0.2, 0.25) is 5.75 Å². The number of piperidine rings is 1. The van der Waals surface area contributed by atoms with Crippen molar-refractivity contribution >= 4 is 29.1 Å². The minimum atomic E-state index is -0.290. The van der Waals surface area contributed by atoms with Gasteiger partial charge in [0.05, 0.1) is 31.4 Å². The first-order valence-corrected chi connectivity index (χ1v) is 17.5. The molecule has 6 nitrogen and oxygen atoms in total. The van der Waals surface area contributed by atoms with E-state index in [1.54, 1.807) is 33.5 Å². The molecule has 252 valence electrons. The zero-order chi connectivity index (χ0) is 33.7. The minimum Gasteiger partial charge on any atom is -0.493 e. The molecule has 2 aliphatic heterocycles. The minimum absolute atomic E-state index is 0.0692. The van der Waals surface area contributed by atoms with Gasteiger partial charge in [-0.2, -0.15) is 0 Å². The van der Waals surface area contributed by atoms with Gasteiger partial charge in [0.15, 0.2) is 11.5 Å². The third-order valence-electron chi connectivity index (χ3n) is 10.3. The zero-order valence-electron chi connectivity index (χ0n) is 28.0. The number of ether oxygens (including phenoxy) is 3. The number of nitrogens with zero attached hydrogens (tertiary/aromatic N) is 2. The second kappa shape index (κ2) is 15.2. The van der Waals surface area contributed by atoms with Crippen LogP contribution >= 0.6 is 23.2 Å². The average Bonchev–Trinajstić information content (AvgIpc) is 3.58. The predicted octanol–water partition coefficient (Wildman–Crippen LogP) is 8.88. The Kier molecular flexibility index (Phi) is 10.8. The smallest absolute Gasteiger partial charge is 0.254 e. The lowest BCUT2D eigenvalue weighted by atomic mass is 9.75. The van der Waals surface area contributed by atoms with E-state index in [0.29, 0.717) is 52.0 Å². The number of rotatable bonds is 11. The molecule has 8 heteroatoms. The summed E-state index contributed by atoms with van der Waals surface area (Å²) in [7, 11) is 4.68. The van der Waals surface area contributed by atoms with E-state index < -0.39 is 0 Å². The maximum absolute atomic E-state index is 14.1. The Balaban J connectivity index is 1.30. The largest absolute Gasteiger partial charge is 0.493 e. The molecule has 2 atom stereocenters. The molecule has 2 aliphatic rings. The summed E-state index contributed by atoms with van der Waals surface area (Å²) < 4.78 is 16.6. The van der Waals surface area contributed by atoms with Crippen LogP contribution in [0.25, 0.3) is 0 Å². The quantitative estimate of drug-likeness (QED) is 0.158. The summed E-state index contributed by atoms with van der Waals surface area (Å²) in [6.45, 7) is 3.15. The molecule has 2 saturated heterocycles. The summed E-state index contributed by atoms with van der Waals surface area (Å²) in [5.41, 5.74) is 4.03. The third-order valence-corrected chi connectivity index (χ3v) is 11.1. The standard InChI is InChI=1S/C40H44Cl2N2O4/c1-46-35-24-30(25-36(47-2)38(35)48-3)39(45)44-23-20-40(27-44,31-17-18-32(41)33(42)26-31)19-22-43-21-11-10-16-34(43)37(28-12-6-4-7-13-28)29-14-8-5-9-15-29/h4-9,12-15,17-18,24-26,34,37H,10-11,16,19-23,27H2,1-3H3. The Hall–Kier alpha value is -3.71. The molecule has 0 bridgehead atoms. The van der Waals surface area contributed by atoms with Gasteiger partial charge in [0, 0.05) is 36.0 Å². The van der Waals surface area contributed by atoms with Crippen molar-refractivity contribution < 1.29 is 19.0 Å². The molecule has 0 radical (unpaired) electrons. The van der Waals surface area contributed by atoms with Crippen molar-refractivity contribution in [3.63, 3.8) is 0 Å². The highest BCUT2D eigenvalue weighted by molar-refractivity contribution is 6.42. The first kappa shape index (κ1) is 34.2. The topological polar surface area (TPSA) is 51.2 Å². The predicted molar refractivity (Wildman–Crippen MR) is 193 cm³/mol. The van der Waals surface area contributed by atoms with Gasteiger partial charge in [-0.15, -0.1) is 0 Å². The van der Waals surface area contributed by atoms with E-state index in [4.69, 9.17) is 37.4 Å². The highest BCUT2D eigenvalue weighted by Gasteiger charge is 2.43. The van der Waals surface area contributed by atoms with Gasteiger partial charge in [-0.3, -0.25) is 9.69 Å². The molecular weight excluding hydrogens is 643 g/mol. The maximum Gasteiger partial charge on any atom is 0.254 e. The van der Waals surface area contributed by atoms with E-state index in [9.17, 15) is 4.79 Å². The Morgan fingerprint density at radius 2 is 1.46 bits per heavy atom. The number of halogens is 2. The van der Waals surface area contributed by atoms with E-state index in [-0.39, 0.29) is 17.2 Å². The van der Waals surface area contributed by atoms with E-state index in [1.165, 1.54) is 24.0 Å². The molecule has 2 unspecified atom stereocenters. The molecule has 1 amide bonds. The molecule has 0 spiro atoms. The number of benzene rings is 4. The Labute approximate surface area is 294 Å². The molecule has 0 aliphatic carbocycles. The first-order chi connectivity index (χ1) is 23.4. The van der Waals surface area contributed by atoms with Crippen LogP contribution in [0.1, 0.15) is 65.1 Å². The van der Waals surface area contributed by atoms with Crippen molar-refractivity contribution in [2.24, 2.45) is 0 Å². The van der Waals surface area contributed by atoms with Gasteiger partial charge in [0.25, 0.3) is 5.91 Å². The summed E-state index contributed by atoms with van der Waals surface area (Å²) in [4.78, 5) is 18.8. The van der Waals surface area contributed by atoms with Crippen LogP contribution in [0.5, 0.6) is 17.2 Å². The molecule has 4 aromatic carbocycles. The molecule has 4 aromatic rings. The van der Waals surface area contributed by atoms with Gasteiger partial charge >= 0.3 is 0 Å². The average molecular weight is 688 g/mol. The molecule has 6 rings (SSSR count). The molecule has 2 fully saturated rings. The number of carbonyl (C=O) groups excluding carboxylic acids is 1. The van der Waals surface area contributed by atoms with E-state index in [0.717, 1.165) is 37.9 Å². The fraction of sp³-hybridized carbons (Fsp3) is 0.375. The number of methoxy groups -OCH3 is 3. The van der Waals surface area contributed by atoms with Crippen molar-refractivity contribution in [1.82, 2.24) is 9.80 Å². The van der Waals surface area contributed by atoms with Crippen LogP contribution in [0.3, 0.4) is 0 Å². The normalized spacial score (nSPS) is 19.8. The van der Waals surface area contributed by atoms with E-state index in [1.807, 2.05) is 17.0 Å². The molecule has 0 aromatic heterocycles. The number of hydrogen-bond donors (Lipinski definition) is 0. The second-order valence-corrected chi connectivity index (χ2v) is 13.8. The van der Waals surface area contributed by atoms with Crippen molar-refractivity contribution in [3.05, 3.63) is 123 Å². The Morgan fingerprint density at radius 3 is 2.04 bits per heavy atom. The van der Waals surface area contributed by atoms with Crippen LogP contribution in [-0.2, 0) is 5.41 Å². The summed E-state index contributed by atoms with van der Waals surface area (Å²) in [6, 6.07) is 31.7. The van der Waals surface area contributed by atoms with Gasteiger partial charge in [-0.25, -0.2) is 0 Å². The van der Waals surface area contributed by atoms with Crippen molar-refractivity contribution in [1.29, 1.82) is 0 Å². The van der Waals surface area contributed by atoms with E-state index >= 15 is 0 Å². The van der Waals surface area contributed by atoms with Crippen LogP contribution < -0.4 is 14.2 Å². The molecule has 0 N–H and O–H groups in total. The fourth-order valence-electron chi connectivity index (χ4n) is 7.83. The first-order valence-electron chi connectivity index (χ1n) is 16.8. The third kappa shape index (κ3) is 7.03. The molecule has 2 heterocycles. The van der Waals surface area contributed by atoms with Gasteiger partial charge < -0.3 is 19.1 Å². The van der Waals surface area contributed by atoms with Crippen molar-refractivity contribution in [2.75, 3.05) is 47.5 Å². The van der Waals surface area contributed by atoms with Crippen LogP contribution in [0.2, 0.25) is 10.0 Å². The summed E-state index contributed by atoms with van der Waals surface area (Å²) in [5.74, 6) is 1.58. The zero-order valence-corrected chi connectivity index (χ0v) is 29.5. The maximum atomic E-state index is 14.1.